The SMILES string of the molecule is COC(=O)CC1C(NC(=O)/C(=N/OC(C)(C)C(=O)O)c2csc(N)n2)C(=O)N1S(=O)(=O)O. The van der Waals surface area contributed by atoms with Gasteiger partial charge in [-0.1, -0.05) is 5.16 Å². The number of aliphatic carboxylic acids is 1. The Morgan fingerprint density at radius 1 is 1.41 bits per heavy atom. The Morgan fingerprint density at radius 3 is 2.50 bits per heavy atom. The second-order valence-corrected chi connectivity index (χ2v) is 9.01. The fourth-order valence-electron chi connectivity index (χ4n) is 2.43. The zero-order valence-corrected chi connectivity index (χ0v) is 18.5. The van der Waals surface area contributed by atoms with Crippen molar-refractivity contribution in [3.63, 3.8) is 0 Å². The van der Waals surface area contributed by atoms with Gasteiger partial charge in [0, 0.05) is 5.38 Å². The molecule has 0 aliphatic carbocycles. The second-order valence-electron chi connectivity index (χ2n) is 6.83. The zero-order valence-electron chi connectivity index (χ0n) is 16.8. The maximum atomic E-state index is 12.8. The van der Waals surface area contributed by atoms with E-state index in [0.717, 1.165) is 32.3 Å². The molecule has 32 heavy (non-hydrogen) atoms. The molecule has 2 atom stereocenters. The Labute approximate surface area is 185 Å². The minimum atomic E-state index is -5.02. The number of oxime groups is 1. The van der Waals surface area contributed by atoms with E-state index >= 15 is 0 Å². The molecule has 17 heteroatoms. The maximum Gasteiger partial charge on any atom is 0.362 e. The molecule has 1 aliphatic rings. The maximum absolute atomic E-state index is 12.8. The van der Waals surface area contributed by atoms with Crippen molar-refractivity contribution in [3.05, 3.63) is 11.1 Å². The number of nitrogen functional groups attached to an aromatic ring is 1. The number of β-lactam (4-membered cyclic amide) rings is 1. The average Bonchev–Trinajstić information content (AvgIpc) is 3.10. The van der Waals surface area contributed by atoms with Gasteiger partial charge in [-0.25, -0.2) is 14.1 Å². The van der Waals surface area contributed by atoms with Crippen molar-refractivity contribution < 1.29 is 46.8 Å². The molecule has 0 radical (unpaired) electrons. The molecule has 176 valence electrons. The third kappa shape index (κ3) is 5.29. The van der Waals surface area contributed by atoms with Crippen molar-refractivity contribution in [2.45, 2.75) is 38.0 Å². The molecule has 2 unspecified atom stereocenters. The van der Waals surface area contributed by atoms with Crippen LogP contribution in [-0.4, -0.2) is 81.6 Å². The molecule has 0 aromatic carbocycles. The molecule has 1 fully saturated rings. The fraction of sp³-hybridized carbons (Fsp3) is 0.467. The van der Waals surface area contributed by atoms with Crippen LogP contribution in [0.5, 0.6) is 0 Å². The highest BCUT2D eigenvalue weighted by molar-refractivity contribution is 7.84. The molecular weight excluding hydrogens is 474 g/mol. The summed E-state index contributed by atoms with van der Waals surface area (Å²) in [4.78, 5) is 56.6. The number of thiazole rings is 1. The van der Waals surface area contributed by atoms with Gasteiger partial charge < -0.3 is 25.7 Å². The van der Waals surface area contributed by atoms with Gasteiger partial charge >= 0.3 is 22.2 Å². The van der Waals surface area contributed by atoms with Gasteiger partial charge in [-0.2, -0.15) is 8.42 Å². The Kier molecular flexibility index (Phi) is 7.06. The third-order valence-corrected chi connectivity index (χ3v) is 5.79. The average molecular weight is 493 g/mol. The lowest BCUT2D eigenvalue weighted by molar-refractivity contribution is -0.161. The number of hydrogen-bond acceptors (Lipinski definition) is 12. The van der Waals surface area contributed by atoms with Gasteiger partial charge in [0.25, 0.3) is 11.8 Å². The monoisotopic (exact) mass is 493 g/mol. The number of nitrogens with zero attached hydrogens (tertiary/aromatic N) is 3. The summed E-state index contributed by atoms with van der Waals surface area (Å²) in [5.41, 5.74) is 3.02. The molecule has 1 aliphatic heterocycles. The van der Waals surface area contributed by atoms with Crippen molar-refractivity contribution in [2.75, 3.05) is 12.8 Å². The van der Waals surface area contributed by atoms with Gasteiger partial charge in [0.05, 0.1) is 19.6 Å². The summed E-state index contributed by atoms with van der Waals surface area (Å²) in [5.74, 6) is -4.64. The number of anilines is 1. The van der Waals surface area contributed by atoms with Crippen LogP contribution >= 0.6 is 11.3 Å². The Hall–Kier alpha value is -3.31. The first kappa shape index (κ1) is 25.0. The van der Waals surface area contributed by atoms with Gasteiger partial charge in [-0.3, -0.25) is 18.9 Å². The lowest BCUT2D eigenvalue weighted by Gasteiger charge is -2.43. The summed E-state index contributed by atoms with van der Waals surface area (Å²) in [6, 6.07) is -3.04. The number of carboxylic acids is 1. The number of aromatic nitrogens is 1. The van der Waals surface area contributed by atoms with E-state index in [1.54, 1.807) is 0 Å². The summed E-state index contributed by atoms with van der Waals surface area (Å²) >= 11 is 0.930. The number of carbonyl (C=O) groups excluding carboxylic acids is 3. The number of nitrogens with two attached hydrogens (primary N) is 1. The molecule has 2 amide bonds. The van der Waals surface area contributed by atoms with Crippen LogP contribution < -0.4 is 11.1 Å². The van der Waals surface area contributed by atoms with Gasteiger partial charge in [0.2, 0.25) is 5.60 Å². The quantitative estimate of drug-likeness (QED) is 0.0999. The highest BCUT2D eigenvalue weighted by atomic mass is 32.2. The Balaban J connectivity index is 2.34. The van der Waals surface area contributed by atoms with E-state index in [1.165, 1.54) is 5.38 Å². The van der Waals surface area contributed by atoms with Crippen LogP contribution in [0.3, 0.4) is 0 Å². The van der Waals surface area contributed by atoms with Gasteiger partial charge in [-0.05, 0) is 13.8 Å². The number of hydrogen-bond donors (Lipinski definition) is 4. The van der Waals surface area contributed by atoms with E-state index in [4.69, 9.17) is 15.7 Å². The topological polar surface area (TPSA) is 228 Å². The predicted octanol–water partition coefficient (Wildman–Crippen LogP) is -1.63. The number of amides is 2. The molecule has 0 saturated carbocycles. The first-order valence-electron chi connectivity index (χ1n) is 8.58. The van der Waals surface area contributed by atoms with E-state index in [9.17, 15) is 32.1 Å². The lowest BCUT2D eigenvalue weighted by atomic mass is 9.95. The van der Waals surface area contributed by atoms with Gasteiger partial charge in [0.1, 0.15) is 11.7 Å². The fourth-order valence-corrected chi connectivity index (χ4v) is 3.85. The number of carbonyl (C=O) groups is 4. The summed E-state index contributed by atoms with van der Waals surface area (Å²) in [7, 11) is -4.00. The van der Waals surface area contributed by atoms with Crippen molar-refractivity contribution in [1.29, 1.82) is 0 Å². The van der Waals surface area contributed by atoms with Crippen molar-refractivity contribution in [3.8, 4) is 0 Å². The van der Waals surface area contributed by atoms with E-state index < -0.39 is 63.9 Å². The number of carboxylic acid groups (broad SMARTS) is 1. The van der Waals surface area contributed by atoms with E-state index in [-0.39, 0.29) is 15.1 Å². The molecule has 1 aromatic heterocycles. The summed E-state index contributed by atoms with van der Waals surface area (Å²) in [5, 5.41) is 16.2. The van der Waals surface area contributed by atoms with E-state index in [1.807, 2.05) is 0 Å². The minimum absolute atomic E-state index is 0.0244. The highest BCUT2D eigenvalue weighted by Gasteiger charge is 2.55. The number of rotatable bonds is 9. The zero-order chi connectivity index (χ0) is 24.4. The van der Waals surface area contributed by atoms with E-state index in [2.05, 4.69) is 20.2 Å². The molecule has 5 N–H and O–H groups in total. The van der Waals surface area contributed by atoms with Crippen LogP contribution in [0.1, 0.15) is 26.0 Å². The number of methoxy groups -OCH3 is 1. The van der Waals surface area contributed by atoms with Crippen LogP contribution in [0.25, 0.3) is 0 Å². The molecular formula is C15H19N5O10S2. The highest BCUT2D eigenvalue weighted by Crippen LogP contribution is 2.27. The van der Waals surface area contributed by atoms with Crippen molar-refractivity contribution >= 4 is 56.2 Å². The summed E-state index contributed by atoms with van der Waals surface area (Å²) in [6.07, 6.45) is -0.661. The smallest absolute Gasteiger partial charge is 0.362 e. The largest absolute Gasteiger partial charge is 0.478 e. The number of esters is 1. The first-order valence-corrected chi connectivity index (χ1v) is 10.9. The van der Waals surface area contributed by atoms with Crippen LogP contribution in [0.4, 0.5) is 5.13 Å². The molecule has 1 aromatic rings. The first-order chi connectivity index (χ1) is 14.7. The molecule has 1 saturated heterocycles. The van der Waals surface area contributed by atoms with Crippen molar-refractivity contribution in [1.82, 2.24) is 14.6 Å². The standard InChI is InChI=1S/C15H19N5O10S2/c1-15(2,13(24)25)30-19-9(6-5-31-14(16)17-6)11(22)18-10-7(4-8(21)29-3)20(12(10)23)32(26,27)28/h5,7,10H,4H2,1-3H3,(H2,16,17)(H,18,22)(H,24,25)(H,26,27,28)/b19-9+. The third-order valence-electron chi connectivity index (χ3n) is 4.17. The summed E-state index contributed by atoms with van der Waals surface area (Å²) < 4.78 is 36.6. The Morgan fingerprint density at radius 2 is 2.03 bits per heavy atom. The van der Waals surface area contributed by atoms with Crippen LogP contribution in [0.15, 0.2) is 10.5 Å². The van der Waals surface area contributed by atoms with Crippen LogP contribution in [0, 0.1) is 0 Å². The molecule has 0 bridgehead atoms. The minimum Gasteiger partial charge on any atom is -0.478 e. The summed E-state index contributed by atoms with van der Waals surface area (Å²) in [6.45, 7) is 2.32. The van der Waals surface area contributed by atoms with Crippen molar-refractivity contribution in [2.24, 2.45) is 5.16 Å². The molecule has 2 heterocycles. The number of nitrogens with one attached hydrogen (secondary N) is 1. The molecule has 2 rings (SSSR count). The molecule has 0 spiro atoms. The van der Waals surface area contributed by atoms with E-state index in [0.29, 0.717) is 0 Å². The lowest BCUT2D eigenvalue weighted by Crippen LogP contribution is -2.72. The molecule has 15 nitrogen and oxygen atoms in total. The second kappa shape index (κ2) is 9.05. The normalized spacial score (nSPS) is 19.2. The van der Waals surface area contributed by atoms with Gasteiger partial charge in [-0.15, -0.1) is 11.3 Å². The van der Waals surface area contributed by atoms with Crippen LogP contribution in [0.2, 0.25) is 0 Å². The van der Waals surface area contributed by atoms with Gasteiger partial charge in [0.15, 0.2) is 10.8 Å². The predicted molar refractivity (Wildman–Crippen MR) is 107 cm³/mol. The Bertz CT molecular complexity index is 1080. The number of ether oxygens (including phenoxy) is 1. The van der Waals surface area contributed by atoms with Crippen LogP contribution in [-0.2, 0) is 39.1 Å².